The highest BCUT2D eigenvalue weighted by molar-refractivity contribution is 5.74. The number of amides is 1. The van der Waals surface area contributed by atoms with Crippen molar-refractivity contribution in [1.29, 1.82) is 0 Å². The summed E-state index contributed by atoms with van der Waals surface area (Å²) in [6, 6.07) is 0. The molecule has 2 unspecified atom stereocenters. The molecule has 0 spiro atoms. The average Bonchev–Trinajstić information content (AvgIpc) is 2.57. The van der Waals surface area contributed by atoms with Gasteiger partial charge in [-0.2, -0.15) is 0 Å². The fourth-order valence-electron chi connectivity index (χ4n) is 2.47. The lowest BCUT2D eigenvalue weighted by Crippen LogP contribution is -2.36. The molecule has 1 N–H and O–H groups in total. The van der Waals surface area contributed by atoms with Crippen LogP contribution < -0.4 is 0 Å². The molecule has 19 heavy (non-hydrogen) atoms. The molecule has 110 valence electrons. The molecule has 1 fully saturated rings. The van der Waals surface area contributed by atoms with Crippen LogP contribution in [0.4, 0.5) is 4.79 Å². The van der Waals surface area contributed by atoms with E-state index in [1.165, 1.54) is 4.90 Å². The fourth-order valence-corrected chi connectivity index (χ4v) is 2.47. The summed E-state index contributed by atoms with van der Waals surface area (Å²) in [5.74, 6) is -0.859. The van der Waals surface area contributed by atoms with Gasteiger partial charge >= 0.3 is 12.1 Å². The number of carboxylic acid groups (broad SMARTS) is 1. The third kappa shape index (κ3) is 4.73. The van der Waals surface area contributed by atoms with Gasteiger partial charge in [0.15, 0.2) is 0 Å². The van der Waals surface area contributed by atoms with Gasteiger partial charge in [0, 0.05) is 13.1 Å². The Balaban J connectivity index is 2.69. The van der Waals surface area contributed by atoms with Gasteiger partial charge in [-0.25, -0.2) is 4.79 Å². The Morgan fingerprint density at radius 2 is 1.89 bits per heavy atom. The summed E-state index contributed by atoms with van der Waals surface area (Å²) in [6.45, 7) is 10.3. The van der Waals surface area contributed by atoms with E-state index in [1.54, 1.807) is 20.8 Å². The average molecular weight is 271 g/mol. The van der Waals surface area contributed by atoms with Gasteiger partial charge in [-0.05, 0) is 39.0 Å². The summed E-state index contributed by atoms with van der Waals surface area (Å²) in [4.78, 5) is 24.8. The molecule has 0 aliphatic carbocycles. The molecule has 1 heterocycles. The molecule has 2 atom stereocenters. The van der Waals surface area contributed by atoms with Gasteiger partial charge in [-0.1, -0.05) is 13.8 Å². The largest absolute Gasteiger partial charge is 0.481 e. The van der Waals surface area contributed by atoms with E-state index >= 15 is 0 Å². The zero-order valence-corrected chi connectivity index (χ0v) is 12.5. The van der Waals surface area contributed by atoms with Gasteiger partial charge in [0.25, 0.3) is 0 Å². The minimum absolute atomic E-state index is 0.0185. The third-order valence-electron chi connectivity index (χ3n) is 3.18. The molecule has 0 aromatic heterocycles. The first-order chi connectivity index (χ1) is 8.60. The van der Waals surface area contributed by atoms with Crippen LogP contribution in [-0.2, 0) is 9.53 Å². The number of hydrogen-bond donors (Lipinski definition) is 1. The molecule has 0 aromatic carbocycles. The monoisotopic (exact) mass is 271 g/mol. The summed E-state index contributed by atoms with van der Waals surface area (Å²) in [5, 5.41) is 9.25. The van der Waals surface area contributed by atoms with Crippen molar-refractivity contribution in [2.45, 2.75) is 46.6 Å². The van der Waals surface area contributed by atoms with Crippen LogP contribution in [0.1, 0.15) is 41.0 Å². The predicted molar refractivity (Wildman–Crippen MR) is 71.9 cm³/mol. The van der Waals surface area contributed by atoms with E-state index in [0.717, 1.165) is 6.42 Å². The van der Waals surface area contributed by atoms with E-state index in [-0.39, 0.29) is 12.5 Å². The maximum Gasteiger partial charge on any atom is 0.410 e. The van der Waals surface area contributed by atoms with Crippen LogP contribution in [0.5, 0.6) is 0 Å². The Kier molecular flexibility index (Phi) is 4.82. The lowest BCUT2D eigenvalue weighted by molar-refractivity contribution is -0.142. The van der Waals surface area contributed by atoms with Crippen LogP contribution in [0.3, 0.4) is 0 Å². The van der Waals surface area contributed by atoms with Crippen molar-refractivity contribution in [3.8, 4) is 0 Å². The van der Waals surface area contributed by atoms with Crippen molar-refractivity contribution >= 4 is 12.1 Å². The highest BCUT2D eigenvalue weighted by Crippen LogP contribution is 2.30. The minimum Gasteiger partial charge on any atom is -0.481 e. The Hall–Kier alpha value is -1.26. The summed E-state index contributed by atoms with van der Waals surface area (Å²) in [6.07, 6.45) is 0.404. The molecule has 1 aliphatic heterocycles. The van der Waals surface area contributed by atoms with Gasteiger partial charge in [0.1, 0.15) is 5.60 Å². The van der Waals surface area contributed by atoms with E-state index < -0.39 is 23.6 Å². The first kappa shape index (κ1) is 15.8. The number of aliphatic carboxylic acids is 1. The van der Waals surface area contributed by atoms with Crippen LogP contribution >= 0.6 is 0 Å². The number of carboxylic acids is 1. The fraction of sp³-hybridized carbons (Fsp3) is 0.857. The van der Waals surface area contributed by atoms with Crippen molar-refractivity contribution in [3.05, 3.63) is 0 Å². The predicted octanol–water partition coefficient (Wildman–Crippen LogP) is 2.60. The molecule has 1 saturated heterocycles. The molecule has 5 nitrogen and oxygen atoms in total. The molecule has 0 bridgehead atoms. The number of likely N-dealkylation sites (tertiary alicyclic amines) is 1. The molecule has 0 saturated carbocycles. The quantitative estimate of drug-likeness (QED) is 0.856. The summed E-state index contributed by atoms with van der Waals surface area (Å²) >= 11 is 0. The molecule has 5 heteroatoms. The zero-order chi connectivity index (χ0) is 14.8. The molecule has 0 radical (unpaired) electrons. The lowest BCUT2D eigenvalue weighted by Gasteiger charge is -2.24. The van der Waals surface area contributed by atoms with E-state index in [9.17, 15) is 14.7 Å². The zero-order valence-electron chi connectivity index (χ0n) is 12.5. The van der Waals surface area contributed by atoms with E-state index in [4.69, 9.17) is 4.74 Å². The molecule has 0 aromatic rings. The number of nitrogens with zero attached hydrogens (tertiary/aromatic N) is 1. The summed E-state index contributed by atoms with van der Waals surface area (Å²) in [7, 11) is 0. The number of carbonyl (C=O) groups excluding carboxylic acids is 1. The smallest absolute Gasteiger partial charge is 0.410 e. The second-order valence-corrected chi connectivity index (χ2v) is 6.72. The Morgan fingerprint density at radius 1 is 1.32 bits per heavy atom. The molecule has 1 rings (SSSR count). The van der Waals surface area contributed by atoms with Gasteiger partial charge in [0.05, 0.1) is 5.92 Å². The normalized spacial score (nSPS) is 23.8. The van der Waals surface area contributed by atoms with Crippen LogP contribution in [0.15, 0.2) is 0 Å². The summed E-state index contributed by atoms with van der Waals surface area (Å²) in [5.41, 5.74) is -0.550. The van der Waals surface area contributed by atoms with Crippen LogP contribution in [-0.4, -0.2) is 40.8 Å². The minimum atomic E-state index is -0.822. The summed E-state index contributed by atoms with van der Waals surface area (Å²) < 4.78 is 5.30. The number of hydrogen-bond acceptors (Lipinski definition) is 3. The van der Waals surface area contributed by atoms with E-state index in [0.29, 0.717) is 12.5 Å². The number of carbonyl (C=O) groups is 2. The van der Waals surface area contributed by atoms with Crippen molar-refractivity contribution in [2.24, 2.45) is 17.8 Å². The van der Waals surface area contributed by atoms with Crippen molar-refractivity contribution in [1.82, 2.24) is 4.90 Å². The first-order valence-corrected chi connectivity index (χ1v) is 6.81. The van der Waals surface area contributed by atoms with Crippen molar-refractivity contribution in [2.75, 3.05) is 13.1 Å². The molecular formula is C14H25NO4. The Bertz CT molecular complexity index is 346. The Labute approximate surface area is 114 Å². The maximum atomic E-state index is 12.0. The molecular weight excluding hydrogens is 246 g/mol. The van der Waals surface area contributed by atoms with Crippen LogP contribution in [0.25, 0.3) is 0 Å². The second kappa shape index (κ2) is 5.80. The van der Waals surface area contributed by atoms with Crippen molar-refractivity contribution < 1.29 is 19.4 Å². The Morgan fingerprint density at radius 3 is 2.32 bits per heavy atom. The SMILES string of the molecule is CC(C)CC1CN(C(=O)OC(C)(C)C)CC1C(=O)O. The van der Waals surface area contributed by atoms with Gasteiger partial charge in [-0.15, -0.1) is 0 Å². The van der Waals surface area contributed by atoms with Gasteiger partial charge in [0.2, 0.25) is 0 Å². The van der Waals surface area contributed by atoms with Gasteiger partial charge in [-0.3, -0.25) is 4.79 Å². The third-order valence-corrected chi connectivity index (χ3v) is 3.18. The van der Waals surface area contributed by atoms with Crippen molar-refractivity contribution in [3.63, 3.8) is 0 Å². The highest BCUT2D eigenvalue weighted by atomic mass is 16.6. The standard InChI is InChI=1S/C14H25NO4/c1-9(2)6-10-7-15(8-11(10)12(16)17)13(18)19-14(3,4)5/h9-11H,6-8H2,1-5H3,(H,16,17). The van der Waals surface area contributed by atoms with E-state index in [2.05, 4.69) is 13.8 Å². The maximum absolute atomic E-state index is 12.0. The van der Waals surface area contributed by atoms with Gasteiger partial charge < -0.3 is 14.7 Å². The number of ether oxygens (including phenoxy) is 1. The second-order valence-electron chi connectivity index (χ2n) is 6.72. The number of rotatable bonds is 3. The first-order valence-electron chi connectivity index (χ1n) is 6.81. The lowest BCUT2D eigenvalue weighted by atomic mass is 9.88. The topological polar surface area (TPSA) is 66.8 Å². The molecule has 1 amide bonds. The molecule has 1 aliphatic rings. The van der Waals surface area contributed by atoms with Crippen LogP contribution in [0, 0.1) is 17.8 Å². The highest BCUT2D eigenvalue weighted by Gasteiger charge is 2.40. The van der Waals surface area contributed by atoms with Crippen LogP contribution in [0.2, 0.25) is 0 Å². The van der Waals surface area contributed by atoms with E-state index in [1.807, 2.05) is 0 Å².